The second kappa shape index (κ2) is 5.42. The average molecular weight is 299 g/mol. The van der Waals surface area contributed by atoms with Gasteiger partial charge in [0.1, 0.15) is 17.8 Å². The standard InChI is InChI=1S/C13H18FN3O4/c1-7-15-16-11(20-7)10(18)9-5-8(14)6-17(9)12(19)21-13(2,3)4/h8-9H,5-6H2,1-4H3/t8-,9-/m0/s1. The Hall–Kier alpha value is -1.99. The van der Waals surface area contributed by atoms with Crippen LogP contribution in [0.2, 0.25) is 0 Å². The van der Waals surface area contributed by atoms with E-state index in [2.05, 4.69) is 10.2 Å². The first-order valence-corrected chi connectivity index (χ1v) is 6.65. The summed E-state index contributed by atoms with van der Waals surface area (Å²) in [6.45, 7) is 6.46. The van der Waals surface area contributed by atoms with E-state index < -0.39 is 29.7 Å². The number of carbonyl (C=O) groups excluding carboxylic acids is 2. The van der Waals surface area contributed by atoms with E-state index in [0.29, 0.717) is 0 Å². The van der Waals surface area contributed by atoms with Crippen molar-refractivity contribution in [2.75, 3.05) is 6.54 Å². The molecule has 1 aromatic rings. The van der Waals surface area contributed by atoms with Crippen molar-refractivity contribution in [1.82, 2.24) is 15.1 Å². The molecule has 8 heteroatoms. The maximum atomic E-state index is 13.6. The van der Waals surface area contributed by atoms with Gasteiger partial charge in [-0.15, -0.1) is 10.2 Å². The molecule has 0 bridgehead atoms. The zero-order chi connectivity index (χ0) is 15.8. The molecule has 1 saturated heterocycles. The highest BCUT2D eigenvalue weighted by Crippen LogP contribution is 2.25. The van der Waals surface area contributed by atoms with E-state index in [0.717, 1.165) is 4.90 Å². The number of rotatable bonds is 2. The number of likely N-dealkylation sites (tertiary alicyclic amines) is 1. The number of Topliss-reactive ketones (excluding diaryl/α,β-unsaturated/α-hetero) is 1. The molecular weight excluding hydrogens is 281 g/mol. The van der Waals surface area contributed by atoms with E-state index in [1.165, 1.54) is 0 Å². The second-order valence-corrected chi connectivity index (χ2v) is 5.97. The molecule has 0 spiro atoms. The lowest BCUT2D eigenvalue weighted by atomic mass is 10.1. The lowest BCUT2D eigenvalue weighted by Crippen LogP contribution is -2.43. The van der Waals surface area contributed by atoms with Crippen molar-refractivity contribution in [1.29, 1.82) is 0 Å². The van der Waals surface area contributed by atoms with Gasteiger partial charge in [0, 0.05) is 13.3 Å². The van der Waals surface area contributed by atoms with E-state index in [4.69, 9.17) is 9.15 Å². The third-order valence-electron chi connectivity index (χ3n) is 2.92. The number of ether oxygens (including phenoxy) is 1. The predicted octanol–water partition coefficient (Wildman–Crippen LogP) is 1.91. The van der Waals surface area contributed by atoms with Crippen LogP contribution in [0.4, 0.5) is 9.18 Å². The van der Waals surface area contributed by atoms with Crippen LogP contribution in [0.5, 0.6) is 0 Å². The molecule has 2 heterocycles. The predicted molar refractivity (Wildman–Crippen MR) is 69.6 cm³/mol. The molecule has 21 heavy (non-hydrogen) atoms. The first-order valence-electron chi connectivity index (χ1n) is 6.65. The first-order chi connectivity index (χ1) is 9.67. The SMILES string of the molecule is Cc1nnc(C(=O)[C@@H]2C[C@H](F)CN2C(=O)OC(C)(C)C)o1. The molecule has 1 aromatic heterocycles. The van der Waals surface area contributed by atoms with Crippen LogP contribution in [0.3, 0.4) is 0 Å². The molecular formula is C13H18FN3O4. The van der Waals surface area contributed by atoms with Crippen LogP contribution < -0.4 is 0 Å². The van der Waals surface area contributed by atoms with Gasteiger partial charge in [0.2, 0.25) is 11.7 Å². The van der Waals surface area contributed by atoms with E-state index in [1.54, 1.807) is 27.7 Å². The minimum atomic E-state index is -1.28. The molecule has 1 amide bonds. The summed E-state index contributed by atoms with van der Waals surface area (Å²) in [6.07, 6.45) is -2.10. The summed E-state index contributed by atoms with van der Waals surface area (Å²) in [5.74, 6) is -0.557. The number of halogens is 1. The van der Waals surface area contributed by atoms with Crippen LogP contribution in [-0.4, -0.2) is 51.3 Å². The van der Waals surface area contributed by atoms with Crippen LogP contribution in [0.1, 0.15) is 43.8 Å². The smallest absolute Gasteiger partial charge is 0.411 e. The van der Waals surface area contributed by atoms with Gasteiger partial charge in [0.15, 0.2) is 0 Å². The van der Waals surface area contributed by atoms with Crippen LogP contribution in [-0.2, 0) is 4.74 Å². The Morgan fingerprint density at radius 1 is 1.38 bits per heavy atom. The molecule has 0 N–H and O–H groups in total. The summed E-state index contributed by atoms with van der Waals surface area (Å²) in [5.41, 5.74) is -0.722. The zero-order valence-corrected chi connectivity index (χ0v) is 12.4. The Morgan fingerprint density at radius 2 is 2.05 bits per heavy atom. The Labute approximate surface area is 121 Å². The van der Waals surface area contributed by atoms with Gasteiger partial charge in [-0.3, -0.25) is 9.69 Å². The van der Waals surface area contributed by atoms with Crippen molar-refractivity contribution in [3.63, 3.8) is 0 Å². The molecule has 2 atom stereocenters. The number of ketones is 1. The Balaban J connectivity index is 2.17. The van der Waals surface area contributed by atoms with Gasteiger partial charge in [0.05, 0.1) is 6.54 Å². The zero-order valence-electron chi connectivity index (χ0n) is 12.4. The maximum Gasteiger partial charge on any atom is 0.411 e. The second-order valence-electron chi connectivity index (χ2n) is 5.97. The highest BCUT2D eigenvalue weighted by molar-refractivity contribution is 5.98. The normalized spacial score (nSPS) is 22.4. The molecule has 0 saturated carbocycles. The number of hydrogen-bond donors (Lipinski definition) is 0. The highest BCUT2D eigenvalue weighted by Gasteiger charge is 2.43. The lowest BCUT2D eigenvalue weighted by molar-refractivity contribution is 0.0211. The Kier molecular flexibility index (Phi) is 3.97. The minimum absolute atomic E-state index is 0.0977. The van der Waals surface area contributed by atoms with Crippen LogP contribution >= 0.6 is 0 Å². The van der Waals surface area contributed by atoms with Crippen molar-refractivity contribution in [2.24, 2.45) is 0 Å². The van der Waals surface area contributed by atoms with E-state index in [9.17, 15) is 14.0 Å². The van der Waals surface area contributed by atoms with Crippen molar-refractivity contribution < 1.29 is 23.1 Å². The van der Waals surface area contributed by atoms with Gasteiger partial charge in [0.25, 0.3) is 5.89 Å². The number of nitrogens with zero attached hydrogens (tertiary/aromatic N) is 3. The summed E-state index contributed by atoms with van der Waals surface area (Å²) >= 11 is 0. The molecule has 1 aliphatic rings. The summed E-state index contributed by atoms with van der Waals surface area (Å²) in [5, 5.41) is 7.18. The van der Waals surface area contributed by atoms with E-state index in [-0.39, 0.29) is 24.7 Å². The fraction of sp³-hybridized carbons (Fsp3) is 0.692. The molecule has 0 unspecified atom stereocenters. The van der Waals surface area contributed by atoms with Gasteiger partial charge >= 0.3 is 6.09 Å². The molecule has 7 nitrogen and oxygen atoms in total. The maximum absolute atomic E-state index is 13.6. The van der Waals surface area contributed by atoms with E-state index >= 15 is 0 Å². The molecule has 0 radical (unpaired) electrons. The number of hydrogen-bond acceptors (Lipinski definition) is 6. The number of alkyl halides is 1. The minimum Gasteiger partial charge on any atom is -0.444 e. The molecule has 0 aromatic carbocycles. The summed E-state index contributed by atoms with van der Waals surface area (Å²) in [6, 6.07) is -0.977. The van der Waals surface area contributed by atoms with Crippen molar-refractivity contribution in [2.45, 2.75) is 51.9 Å². The lowest BCUT2D eigenvalue weighted by Gasteiger charge is -2.27. The van der Waals surface area contributed by atoms with Gasteiger partial charge in [-0.25, -0.2) is 9.18 Å². The van der Waals surface area contributed by atoms with Gasteiger partial charge in [-0.1, -0.05) is 0 Å². The van der Waals surface area contributed by atoms with Gasteiger partial charge in [-0.2, -0.15) is 0 Å². The summed E-state index contributed by atoms with van der Waals surface area (Å²) < 4.78 is 23.9. The highest BCUT2D eigenvalue weighted by atomic mass is 19.1. The van der Waals surface area contributed by atoms with E-state index in [1.807, 2.05) is 0 Å². The number of aromatic nitrogens is 2. The number of amides is 1. The van der Waals surface area contributed by atoms with Crippen molar-refractivity contribution in [3.8, 4) is 0 Å². The van der Waals surface area contributed by atoms with Crippen LogP contribution in [0, 0.1) is 6.92 Å². The molecule has 1 aliphatic heterocycles. The molecule has 1 fully saturated rings. The first kappa shape index (κ1) is 15.4. The average Bonchev–Trinajstić information content (AvgIpc) is 2.92. The van der Waals surface area contributed by atoms with Crippen LogP contribution in [0.15, 0.2) is 4.42 Å². The largest absolute Gasteiger partial charge is 0.444 e. The van der Waals surface area contributed by atoms with Gasteiger partial charge < -0.3 is 9.15 Å². The fourth-order valence-corrected chi connectivity index (χ4v) is 2.09. The Morgan fingerprint density at radius 3 is 2.57 bits per heavy atom. The van der Waals surface area contributed by atoms with Crippen molar-refractivity contribution >= 4 is 11.9 Å². The monoisotopic (exact) mass is 299 g/mol. The Bertz CT molecular complexity index is 552. The number of aryl methyl sites for hydroxylation is 1. The molecule has 116 valence electrons. The van der Waals surface area contributed by atoms with Gasteiger partial charge in [-0.05, 0) is 20.8 Å². The fourth-order valence-electron chi connectivity index (χ4n) is 2.09. The topological polar surface area (TPSA) is 85.5 Å². The molecule has 0 aliphatic carbocycles. The third-order valence-corrected chi connectivity index (χ3v) is 2.92. The van der Waals surface area contributed by atoms with Crippen molar-refractivity contribution in [3.05, 3.63) is 11.8 Å². The quantitative estimate of drug-likeness (QED) is 0.775. The van der Waals surface area contributed by atoms with Crippen LogP contribution in [0.25, 0.3) is 0 Å². The number of carbonyl (C=O) groups is 2. The summed E-state index contributed by atoms with van der Waals surface area (Å²) in [4.78, 5) is 25.4. The molecule has 2 rings (SSSR count). The summed E-state index contributed by atoms with van der Waals surface area (Å²) in [7, 11) is 0. The third kappa shape index (κ3) is 3.56.